The van der Waals surface area contributed by atoms with Crippen LogP contribution in [0.25, 0.3) is 11.2 Å². The predicted octanol–water partition coefficient (Wildman–Crippen LogP) is -1.17. The molecule has 118 valence electrons. The molecule has 0 bridgehead atoms. The summed E-state index contributed by atoms with van der Waals surface area (Å²) in [5.41, 5.74) is 1.24. The van der Waals surface area contributed by atoms with Gasteiger partial charge in [-0.1, -0.05) is 6.08 Å². The quantitative estimate of drug-likeness (QED) is 0.533. The minimum absolute atomic E-state index is 0.144. The molecule has 0 saturated carbocycles. The fourth-order valence-electron chi connectivity index (χ4n) is 2.57. The van der Waals surface area contributed by atoms with E-state index in [1.165, 1.54) is 12.7 Å². The Bertz CT molecular complexity index is 778. The number of hydrogen-bond acceptors (Lipinski definition) is 7. The molecule has 0 amide bonds. The lowest BCUT2D eigenvalue weighted by atomic mass is 10.2. The lowest BCUT2D eigenvalue weighted by Gasteiger charge is -2.28. The van der Waals surface area contributed by atoms with Crippen molar-refractivity contribution in [1.82, 2.24) is 19.5 Å². The monoisotopic (exact) mass is 325 g/mol. The van der Waals surface area contributed by atoms with Gasteiger partial charge >= 0.3 is 0 Å². The maximum atomic E-state index is 11.6. The van der Waals surface area contributed by atoms with E-state index in [1.807, 2.05) is 13.0 Å². The summed E-state index contributed by atoms with van der Waals surface area (Å²) < 4.78 is 6.97. The van der Waals surface area contributed by atoms with Gasteiger partial charge in [0.15, 0.2) is 17.5 Å². The summed E-state index contributed by atoms with van der Waals surface area (Å²) in [5.74, 6) is 0. The Morgan fingerprint density at radius 3 is 3.05 bits per heavy atom. The highest BCUT2D eigenvalue weighted by atomic mass is 31.2. The summed E-state index contributed by atoms with van der Waals surface area (Å²) >= 11 is 0. The van der Waals surface area contributed by atoms with Gasteiger partial charge in [-0.2, -0.15) is 0 Å². The Morgan fingerprint density at radius 1 is 1.55 bits per heavy atom. The molecule has 2 atom stereocenters. The molecule has 0 spiro atoms. The average Bonchev–Trinajstić information content (AvgIpc) is 3.00. The van der Waals surface area contributed by atoms with Crippen LogP contribution in [-0.2, 0) is 4.74 Å². The number of nitrogens with one attached hydrogen (secondary N) is 1. The lowest BCUT2D eigenvalue weighted by Crippen LogP contribution is -2.27. The Morgan fingerprint density at radius 2 is 2.32 bits per heavy atom. The van der Waals surface area contributed by atoms with Gasteiger partial charge in [0, 0.05) is 6.42 Å². The standard InChI is InChI=1S/C12H15N4O5P/c1-7-2-8(3-9(7)21-6-22(18,19)20)16-5-15-10-11(16)13-4-14-12(10)17/h2,4-5,8-9H,3,6H2,1H3,(H,13,14,17)(H2,18,19,20)/p-1/t8-,9-/m1/s1. The van der Waals surface area contributed by atoms with Crippen LogP contribution in [0.3, 0.4) is 0 Å². The zero-order valence-corrected chi connectivity index (χ0v) is 12.6. The molecule has 2 heterocycles. The van der Waals surface area contributed by atoms with Gasteiger partial charge in [-0.05, 0) is 12.5 Å². The van der Waals surface area contributed by atoms with Crippen molar-refractivity contribution < 1.29 is 19.4 Å². The van der Waals surface area contributed by atoms with Crippen LogP contribution < -0.4 is 15.3 Å². The second-order valence-corrected chi connectivity index (χ2v) is 6.72. The van der Waals surface area contributed by atoms with Crippen LogP contribution in [0.2, 0.25) is 0 Å². The smallest absolute Gasteiger partial charge is 0.278 e. The molecule has 2 aromatic heterocycles. The van der Waals surface area contributed by atoms with Crippen molar-refractivity contribution in [1.29, 1.82) is 0 Å². The van der Waals surface area contributed by atoms with Crippen molar-refractivity contribution in [2.75, 3.05) is 6.35 Å². The van der Waals surface area contributed by atoms with Crippen LogP contribution in [0, 0.1) is 0 Å². The number of hydrogen-bond donors (Lipinski definition) is 2. The molecule has 0 saturated heterocycles. The van der Waals surface area contributed by atoms with Gasteiger partial charge in [0.05, 0.1) is 32.7 Å². The number of aromatic nitrogens is 4. The lowest BCUT2D eigenvalue weighted by molar-refractivity contribution is -0.336. The van der Waals surface area contributed by atoms with Crippen LogP contribution in [-0.4, -0.2) is 36.9 Å². The van der Waals surface area contributed by atoms with Crippen LogP contribution in [0.4, 0.5) is 0 Å². The summed E-state index contributed by atoms with van der Waals surface area (Å²) in [5, 5.41) is 0. The van der Waals surface area contributed by atoms with E-state index in [9.17, 15) is 14.6 Å². The SMILES string of the molecule is CC1=C[C@@H](n2cnc3c(=O)[nH]cnc32)C[C@H]1OC[P+]([O-])([O-])O. The second-order valence-electron chi connectivity index (χ2n) is 5.19. The van der Waals surface area contributed by atoms with Gasteiger partial charge in [-0.25, -0.2) is 9.97 Å². The molecule has 1 aliphatic carbocycles. The van der Waals surface area contributed by atoms with E-state index in [0.29, 0.717) is 12.1 Å². The Kier molecular flexibility index (Phi) is 3.84. The van der Waals surface area contributed by atoms with Crippen LogP contribution in [0.15, 0.2) is 29.1 Å². The van der Waals surface area contributed by atoms with E-state index >= 15 is 0 Å². The molecule has 0 aromatic carbocycles. The molecule has 0 unspecified atom stereocenters. The summed E-state index contributed by atoms with van der Waals surface area (Å²) in [6.45, 7) is 1.82. The third-order valence-corrected chi connectivity index (χ3v) is 4.06. The second kappa shape index (κ2) is 5.53. The van der Waals surface area contributed by atoms with Gasteiger partial charge in [-0.15, -0.1) is 0 Å². The zero-order chi connectivity index (χ0) is 15.9. The maximum absolute atomic E-state index is 11.6. The van der Waals surface area contributed by atoms with Gasteiger partial charge in [0.25, 0.3) is 5.56 Å². The van der Waals surface area contributed by atoms with Crippen LogP contribution in [0.1, 0.15) is 19.4 Å². The summed E-state index contributed by atoms with van der Waals surface area (Å²) in [7, 11) is -4.45. The molecular formula is C12H14N4O5P-. The normalized spacial score (nSPS) is 22.3. The van der Waals surface area contributed by atoms with Gasteiger partial charge in [0.2, 0.25) is 0 Å². The number of nitrogens with zero attached hydrogens (tertiary/aromatic N) is 3. The summed E-state index contributed by atoms with van der Waals surface area (Å²) in [6.07, 6.45) is 4.07. The third kappa shape index (κ3) is 2.94. The fraction of sp³-hybridized carbons (Fsp3) is 0.417. The Balaban J connectivity index is 1.82. The predicted molar refractivity (Wildman–Crippen MR) is 74.4 cm³/mol. The van der Waals surface area contributed by atoms with Crippen molar-refractivity contribution in [2.45, 2.75) is 25.5 Å². The zero-order valence-electron chi connectivity index (χ0n) is 11.7. The van der Waals surface area contributed by atoms with Gasteiger partial charge < -0.3 is 24.1 Å². The van der Waals surface area contributed by atoms with E-state index in [4.69, 9.17) is 9.63 Å². The molecule has 3 rings (SSSR count). The van der Waals surface area contributed by atoms with Gasteiger partial charge in [0.1, 0.15) is 0 Å². The maximum Gasteiger partial charge on any atom is 0.278 e. The van der Waals surface area contributed by atoms with E-state index in [2.05, 4.69) is 15.0 Å². The number of allylic oxidation sites excluding steroid dienone is 1. The van der Waals surface area contributed by atoms with Gasteiger partial charge in [-0.3, -0.25) is 9.69 Å². The van der Waals surface area contributed by atoms with Crippen molar-refractivity contribution in [3.8, 4) is 0 Å². The highest BCUT2D eigenvalue weighted by Crippen LogP contribution is 2.37. The molecule has 2 aromatic rings. The summed E-state index contributed by atoms with van der Waals surface area (Å²) in [6, 6.07) is -0.144. The number of rotatable bonds is 4. The number of aromatic amines is 1. The first-order valence-electron chi connectivity index (χ1n) is 6.58. The number of imidazole rings is 1. The first-order valence-corrected chi connectivity index (χ1v) is 8.34. The Labute approximate surface area is 125 Å². The molecule has 1 aliphatic rings. The molecule has 9 nitrogen and oxygen atoms in total. The molecular weight excluding hydrogens is 311 g/mol. The minimum atomic E-state index is -4.45. The largest absolute Gasteiger partial charge is 0.658 e. The molecule has 0 radical (unpaired) electrons. The number of ether oxygens (including phenoxy) is 1. The first kappa shape index (κ1) is 15.3. The molecule has 0 fully saturated rings. The van der Waals surface area contributed by atoms with E-state index < -0.39 is 20.4 Å². The van der Waals surface area contributed by atoms with Crippen molar-refractivity contribution in [3.63, 3.8) is 0 Å². The van der Waals surface area contributed by atoms with Crippen LogP contribution >= 0.6 is 7.94 Å². The average molecular weight is 325 g/mol. The van der Waals surface area contributed by atoms with Crippen LogP contribution in [0.5, 0.6) is 0 Å². The van der Waals surface area contributed by atoms with E-state index in [1.54, 1.807) is 4.57 Å². The molecule has 10 heteroatoms. The number of fused-ring (bicyclic) bond motifs is 1. The topological polar surface area (TPSA) is 139 Å². The number of H-pyrrole nitrogens is 1. The van der Waals surface area contributed by atoms with E-state index in [-0.39, 0.29) is 17.1 Å². The molecule has 22 heavy (non-hydrogen) atoms. The third-order valence-electron chi connectivity index (χ3n) is 3.58. The highest BCUT2D eigenvalue weighted by molar-refractivity contribution is 7.55. The Hall–Kier alpha value is -1.64. The first-order chi connectivity index (χ1) is 10.3. The highest BCUT2D eigenvalue weighted by Gasteiger charge is 2.28. The van der Waals surface area contributed by atoms with E-state index in [0.717, 1.165) is 5.57 Å². The molecule has 0 aliphatic heterocycles. The summed E-state index contributed by atoms with van der Waals surface area (Å²) in [4.78, 5) is 52.6. The molecule has 2 N–H and O–H groups in total. The minimum Gasteiger partial charge on any atom is -0.658 e. The fourth-order valence-corrected chi connectivity index (χ4v) is 2.94. The van der Waals surface area contributed by atoms with Crippen molar-refractivity contribution in [2.24, 2.45) is 0 Å². The van der Waals surface area contributed by atoms with Crippen molar-refractivity contribution >= 4 is 19.1 Å². The van der Waals surface area contributed by atoms with Crippen molar-refractivity contribution in [3.05, 3.63) is 34.7 Å².